The normalized spacial score (nSPS) is 28.9. The van der Waals surface area contributed by atoms with E-state index in [2.05, 4.69) is 22.3 Å². The molecule has 1 heterocycles. The summed E-state index contributed by atoms with van der Waals surface area (Å²) in [5.41, 5.74) is 7.09. The number of nitrogens with zero attached hydrogens (tertiary/aromatic N) is 2. The van der Waals surface area contributed by atoms with Crippen LogP contribution in [0.15, 0.2) is 6.20 Å². The molecular formula is C11H20N4. The van der Waals surface area contributed by atoms with Crippen molar-refractivity contribution in [2.24, 2.45) is 17.6 Å². The summed E-state index contributed by atoms with van der Waals surface area (Å²) in [4.78, 5) is 0. The zero-order valence-electron chi connectivity index (χ0n) is 9.32. The first kappa shape index (κ1) is 10.6. The van der Waals surface area contributed by atoms with Crippen LogP contribution in [0.3, 0.4) is 0 Å². The molecule has 1 aromatic rings. The van der Waals surface area contributed by atoms with Gasteiger partial charge in [-0.05, 0) is 24.7 Å². The van der Waals surface area contributed by atoms with Crippen LogP contribution in [0.4, 0.5) is 0 Å². The van der Waals surface area contributed by atoms with E-state index >= 15 is 0 Å². The van der Waals surface area contributed by atoms with Crippen LogP contribution in [0, 0.1) is 11.8 Å². The molecular weight excluding hydrogens is 188 g/mol. The van der Waals surface area contributed by atoms with Gasteiger partial charge in [0.05, 0.1) is 17.9 Å². The van der Waals surface area contributed by atoms with E-state index in [0.717, 1.165) is 11.6 Å². The summed E-state index contributed by atoms with van der Waals surface area (Å²) in [5.74, 6) is 1.52. The number of nitrogens with one attached hydrogen (secondary N) is 1. The first-order valence-corrected chi connectivity index (χ1v) is 5.92. The maximum absolute atomic E-state index is 6.18. The van der Waals surface area contributed by atoms with Gasteiger partial charge in [0.2, 0.25) is 0 Å². The van der Waals surface area contributed by atoms with Crippen molar-refractivity contribution >= 4 is 0 Å². The number of hydrogen-bond donors (Lipinski definition) is 2. The Morgan fingerprint density at radius 2 is 2.20 bits per heavy atom. The van der Waals surface area contributed by atoms with Gasteiger partial charge in [-0.25, -0.2) is 0 Å². The smallest absolute Gasteiger partial charge is 0.0994 e. The molecule has 0 saturated heterocycles. The maximum Gasteiger partial charge on any atom is 0.0994 e. The highest BCUT2D eigenvalue weighted by molar-refractivity contribution is 5.01. The van der Waals surface area contributed by atoms with Crippen molar-refractivity contribution in [2.75, 3.05) is 0 Å². The van der Waals surface area contributed by atoms with Crippen molar-refractivity contribution in [1.29, 1.82) is 0 Å². The van der Waals surface area contributed by atoms with Crippen molar-refractivity contribution in [3.8, 4) is 0 Å². The van der Waals surface area contributed by atoms with E-state index in [9.17, 15) is 0 Å². The highest BCUT2D eigenvalue weighted by atomic mass is 15.3. The monoisotopic (exact) mass is 208 g/mol. The molecule has 15 heavy (non-hydrogen) atoms. The topological polar surface area (TPSA) is 67.6 Å². The molecule has 1 aliphatic rings. The maximum atomic E-state index is 6.18. The highest BCUT2D eigenvalue weighted by Gasteiger charge is 2.26. The summed E-state index contributed by atoms with van der Waals surface area (Å²) >= 11 is 0. The molecule has 0 aromatic carbocycles. The Balaban J connectivity index is 1.90. The Labute approximate surface area is 90.6 Å². The molecule has 0 bridgehead atoms. The largest absolute Gasteiger partial charge is 0.322 e. The van der Waals surface area contributed by atoms with Gasteiger partial charge in [-0.15, -0.1) is 0 Å². The quantitative estimate of drug-likeness (QED) is 0.798. The molecule has 0 aliphatic heterocycles. The zero-order chi connectivity index (χ0) is 10.7. The summed E-state index contributed by atoms with van der Waals surface area (Å²) in [6.45, 7) is 2.28. The number of hydrogen-bond acceptors (Lipinski definition) is 3. The Bertz CT molecular complexity index is 275. The van der Waals surface area contributed by atoms with Crippen molar-refractivity contribution in [3.63, 3.8) is 0 Å². The molecule has 1 aromatic heterocycles. The third kappa shape index (κ3) is 2.37. The zero-order valence-corrected chi connectivity index (χ0v) is 9.32. The van der Waals surface area contributed by atoms with Crippen LogP contribution in [-0.4, -0.2) is 15.4 Å². The first-order chi connectivity index (χ1) is 7.31. The van der Waals surface area contributed by atoms with E-state index in [0.29, 0.717) is 5.92 Å². The van der Waals surface area contributed by atoms with Crippen LogP contribution in [0.2, 0.25) is 0 Å². The highest BCUT2D eigenvalue weighted by Crippen LogP contribution is 2.35. The van der Waals surface area contributed by atoms with E-state index in [4.69, 9.17) is 5.73 Å². The van der Waals surface area contributed by atoms with E-state index in [1.807, 2.05) is 0 Å². The molecule has 2 rings (SSSR count). The fourth-order valence-electron chi connectivity index (χ4n) is 2.57. The average Bonchev–Trinajstić information content (AvgIpc) is 2.82. The molecule has 1 fully saturated rings. The lowest BCUT2D eigenvalue weighted by molar-refractivity contribution is 0.238. The molecule has 0 spiro atoms. The molecule has 4 nitrogen and oxygen atoms in total. The minimum absolute atomic E-state index is 0.0709. The average molecular weight is 208 g/mol. The van der Waals surface area contributed by atoms with Crippen molar-refractivity contribution in [2.45, 2.75) is 45.1 Å². The number of rotatable bonds is 3. The van der Waals surface area contributed by atoms with E-state index in [-0.39, 0.29) is 6.04 Å². The standard InChI is InChI=1S/C11H20N4/c1-2-8-3-5-9(6-4-8)11(12)10-7-13-15-14-10/h7-9,11H,2-6,12H2,1H3,(H,13,14,15). The van der Waals surface area contributed by atoms with Gasteiger partial charge in [0.1, 0.15) is 0 Å². The third-order valence-corrected chi connectivity index (χ3v) is 3.75. The molecule has 4 heteroatoms. The van der Waals surface area contributed by atoms with Gasteiger partial charge >= 0.3 is 0 Å². The lowest BCUT2D eigenvalue weighted by Gasteiger charge is -2.30. The van der Waals surface area contributed by atoms with Crippen LogP contribution in [0.1, 0.15) is 50.8 Å². The third-order valence-electron chi connectivity index (χ3n) is 3.75. The Morgan fingerprint density at radius 3 is 2.73 bits per heavy atom. The SMILES string of the molecule is CCC1CCC(C(N)c2cn[nH]n2)CC1. The second-order valence-electron chi connectivity index (χ2n) is 4.61. The fraction of sp³-hybridized carbons (Fsp3) is 0.818. The molecule has 1 unspecified atom stereocenters. The van der Waals surface area contributed by atoms with Gasteiger partial charge in [0.15, 0.2) is 0 Å². The van der Waals surface area contributed by atoms with Crippen LogP contribution in [0.5, 0.6) is 0 Å². The summed E-state index contributed by atoms with van der Waals surface area (Å²) < 4.78 is 0. The minimum atomic E-state index is 0.0709. The Kier molecular flexibility index (Phi) is 3.36. The van der Waals surface area contributed by atoms with Crippen molar-refractivity contribution in [1.82, 2.24) is 15.4 Å². The predicted molar refractivity (Wildman–Crippen MR) is 59.1 cm³/mol. The number of aromatic nitrogens is 3. The van der Waals surface area contributed by atoms with Gasteiger partial charge in [0, 0.05) is 0 Å². The first-order valence-electron chi connectivity index (χ1n) is 5.92. The van der Waals surface area contributed by atoms with Gasteiger partial charge in [-0.1, -0.05) is 26.2 Å². The van der Waals surface area contributed by atoms with E-state index in [1.165, 1.54) is 32.1 Å². The van der Waals surface area contributed by atoms with E-state index < -0.39 is 0 Å². The summed E-state index contributed by atoms with van der Waals surface area (Å²) in [6, 6.07) is 0.0709. The molecule has 3 N–H and O–H groups in total. The van der Waals surface area contributed by atoms with Crippen LogP contribution in [0.25, 0.3) is 0 Å². The van der Waals surface area contributed by atoms with Gasteiger partial charge < -0.3 is 5.73 Å². The van der Waals surface area contributed by atoms with Gasteiger partial charge in [0.25, 0.3) is 0 Å². The second kappa shape index (κ2) is 4.75. The van der Waals surface area contributed by atoms with Crippen molar-refractivity contribution in [3.05, 3.63) is 11.9 Å². The van der Waals surface area contributed by atoms with Crippen LogP contribution >= 0.6 is 0 Å². The number of aromatic amines is 1. The molecule has 1 aliphatic carbocycles. The predicted octanol–water partition coefficient (Wildman–Crippen LogP) is 2.02. The van der Waals surface area contributed by atoms with E-state index in [1.54, 1.807) is 6.20 Å². The van der Waals surface area contributed by atoms with Crippen LogP contribution in [-0.2, 0) is 0 Å². The molecule has 0 amide bonds. The van der Waals surface area contributed by atoms with Crippen LogP contribution < -0.4 is 5.73 Å². The molecule has 1 saturated carbocycles. The van der Waals surface area contributed by atoms with Crippen molar-refractivity contribution < 1.29 is 0 Å². The van der Waals surface area contributed by atoms with Gasteiger partial charge in [-0.3, -0.25) is 0 Å². The summed E-state index contributed by atoms with van der Waals surface area (Å²) in [5, 5.41) is 10.5. The second-order valence-corrected chi connectivity index (χ2v) is 4.61. The number of nitrogens with two attached hydrogens (primary N) is 1. The lowest BCUT2D eigenvalue weighted by atomic mass is 9.77. The fourth-order valence-corrected chi connectivity index (χ4v) is 2.57. The summed E-state index contributed by atoms with van der Waals surface area (Å²) in [7, 11) is 0. The Hall–Kier alpha value is -0.900. The molecule has 0 radical (unpaired) electrons. The Morgan fingerprint density at radius 1 is 1.47 bits per heavy atom. The summed E-state index contributed by atoms with van der Waals surface area (Å²) in [6.07, 6.45) is 8.20. The molecule has 1 atom stereocenters. The molecule has 84 valence electrons. The number of H-pyrrole nitrogens is 1. The minimum Gasteiger partial charge on any atom is -0.322 e. The lowest BCUT2D eigenvalue weighted by Crippen LogP contribution is -2.26. The van der Waals surface area contributed by atoms with Gasteiger partial charge in [-0.2, -0.15) is 15.4 Å².